The van der Waals surface area contributed by atoms with Gasteiger partial charge >= 0.3 is 18.3 Å². The maximum Gasteiger partial charge on any atom is 0.416 e. The zero-order valence-electron chi connectivity index (χ0n) is 18.9. The van der Waals surface area contributed by atoms with Crippen LogP contribution in [-0.4, -0.2) is 30.2 Å². The number of nitrogens with one attached hydrogen (secondary N) is 1. The maximum absolute atomic E-state index is 13.0. The molecule has 0 aromatic heterocycles. The summed E-state index contributed by atoms with van der Waals surface area (Å²) < 4.78 is 88.9. The Morgan fingerprint density at radius 3 is 1.91 bits per heavy atom. The van der Waals surface area contributed by atoms with E-state index in [1.165, 1.54) is 0 Å². The quantitative estimate of drug-likeness (QED) is 0.298. The molecule has 0 heterocycles. The van der Waals surface area contributed by atoms with Gasteiger partial charge in [-0.3, -0.25) is 9.63 Å². The van der Waals surface area contributed by atoms with Gasteiger partial charge in [-0.25, -0.2) is 10.3 Å². The lowest BCUT2D eigenvalue weighted by Crippen LogP contribution is -2.41. The van der Waals surface area contributed by atoms with E-state index in [-0.39, 0.29) is 24.8 Å². The van der Waals surface area contributed by atoms with Crippen LogP contribution in [0.5, 0.6) is 0 Å². The highest BCUT2D eigenvalue weighted by Gasteiger charge is 2.37. The van der Waals surface area contributed by atoms with Crippen LogP contribution in [0.15, 0.2) is 48.5 Å². The van der Waals surface area contributed by atoms with Gasteiger partial charge in [0.25, 0.3) is 5.91 Å². The molecule has 1 amide bonds. The molecule has 0 radical (unpaired) electrons. The van der Waals surface area contributed by atoms with Crippen molar-refractivity contribution >= 4 is 11.9 Å². The first-order chi connectivity index (χ1) is 16.1. The van der Waals surface area contributed by atoms with Crippen LogP contribution in [0.2, 0.25) is 0 Å². The van der Waals surface area contributed by atoms with Crippen LogP contribution >= 0.6 is 0 Å². The van der Waals surface area contributed by atoms with E-state index in [9.17, 15) is 35.9 Å². The third-order valence-electron chi connectivity index (χ3n) is 4.19. The molecule has 1 atom stereocenters. The minimum atomic E-state index is -5.14. The molecule has 0 aliphatic rings. The normalized spacial score (nSPS) is 13.3. The third kappa shape index (κ3) is 9.21. The molecular formula is C23H23F6NO5. The monoisotopic (exact) mass is 507 g/mol. The highest BCUT2D eigenvalue weighted by Crippen LogP contribution is 2.36. The SMILES string of the molecule is CC(C)(C)OC(=O)C(COCc1ccccc1)ONC(=O)c1cc(C(F)(F)F)cc(C(F)(F)F)c1. The number of carbonyl (C=O) groups excluding carboxylic acids is 2. The van der Waals surface area contributed by atoms with E-state index in [1.807, 2.05) is 0 Å². The first kappa shape index (κ1) is 28.1. The van der Waals surface area contributed by atoms with Crippen LogP contribution in [0.1, 0.15) is 47.8 Å². The second-order valence-corrected chi connectivity index (χ2v) is 8.37. The van der Waals surface area contributed by atoms with Crippen LogP contribution in [0, 0.1) is 0 Å². The molecule has 0 fully saturated rings. The lowest BCUT2D eigenvalue weighted by molar-refractivity contribution is -0.177. The van der Waals surface area contributed by atoms with Crippen molar-refractivity contribution in [2.75, 3.05) is 6.61 Å². The molecule has 0 spiro atoms. The van der Waals surface area contributed by atoms with E-state index >= 15 is 0 Å². The number of ether oxygens (including phenoxy) is 2. The number of alkyl halides is 6. The van der Waals surface area contributed by atoms with Gasteiger partial charge in [-0.2, -0.15) is 26.3 Å². The van der Waals surface area contributed by atoms with Crippen molar-refractivity contribution in [2.24, 2.45) is 0 Å². The third-order valence-corrected chi connectivity index (χ3v) is 4.19. The van der Waals surface area contributed by atoms with Crippen molar-refractivity contribution in [3.63, 3.8) is 0 Å². The van der Waals surface area contributed by atoms with Gasteiger partial charge in [-0.1, -0.05) is 30.3 Å². The first-order valence-corrected chi connectivity index (χ1v) is 10.2. The molecule has 0 saturated heterocycles. The molecule has 2 aromatic carbocycles. The Morgan fingerprint density at radius 2 is 1.43 bits per heavy atom. The average molecular weight is 507 g/mol. The Kier molecular flexibility index (Phi) is 8.90. The van der Waals surface area contributed by atoms with E-state index in [4.69, 9.17) is 14.3 Å². The molecule has 0 bridgehead atoms. The van der Waals surface area contributed by atoms with Gasteiger partial charge in [0.15, 0.2) is 0 Å². The van der Waals surface area contributed by atoms with Gasteiger partial charge in [-0.05, 0) is 44.5 Å². The van der Waals surface area contributed by atoms with E-state index < -0.39 is 59.2 Å². The summed E-state index contributed by atoms with van der Waals surface area (Å²) in [4.78, 5) is 29.8. The van der Waals surface area contributed by atoms with E-state index in [0.717, 1.165) is 5.56 Å². The molecule has 35 heavy (non-hydrogen) atoms. The smallest absolute Gasteiger partial charge is 0.416 e. The number of esters is 1. The summed E-state index contributed by atoms with van der Waals surface area (Å²) in [5.74, 6) is -2.40. The summed E-state index contributed by atoms with van der Waals surface area (Å²) in [7, 11) is 0. The van der Waals surface area contributed by atoms with Crippen molar-refractivity contribution in [3.8, 4) is 0 Å². The molecule has 0 aliphatic heterocycles. The van der Waals surface area contributed by atoms with Crippen LogP contribution in [0.4, 0.5) is 26.3 Å². The summed E-state index contributed by atoms with van der Waals surface area (Å²) in [6.07, 6.45) is -11.8. The van der Waals surface area contributed by atoms with Gasteiger partial charge in [0.1, 0.15) is 5.60 Å². The van der Waals surface area contributed by atoms with Crippen molar-refractivity contribution < 1.29 is 50.2 Å². The number of halogens is 6. The number of amides is 1. The Balaban J connectivity index is 2.17. The summed E-state index contributed by atoms with van der Waals surface area (Å²) >= 11 is 0. The van der Waals surface area contributed by atoms with Crippen LogP contribution in [0.25, 0.3) is 0 Å². The van der Waals surface area contributed by atoms with Crippen molar-refractivity contribution in [2.45, 2.75) is 51.4 Å². The van der Waals surface area contributed by atoms with Crippen LogP contribution in [-0.2, 0) is 38.1 Å². The summed E-state index contributed by atoms with van der Waals surface area (Å²) in [6.45, 7) is 4.31. The summed E-state index contributed by atoms with van der Waals surface area (Å²) in [5, 5.41) is 0. The van der Waals surface area contributed by atoms with Crippen molar-refractivity contribution in [3.05, 3.63) is 70.8 Å². The molecule has 2 aromatic rings. The Labute approximate surface area is 197 Å². The lowest BCUT2D eigenvalue weighted by atomic mass is 10.0. The summed E-state index contributed by atoms with van der Waals surface area (Å²) in [6, 6.07) is 9.15. The fourth-order valence-corrected chi connectivity index (χ4v) is 2.65. The van der Waals surface area contributed by atoms with E-state index in [1.54, 1.807) is 56.6 Å². The standard InChI is InChI=1S/C23H23F6NO5/c1-21(2,3)34-20(32)18(13-33-12-14-7-5-4-6-8-14)35-30-19(31)15-9-16(22(24,25)26)11-17(10-15)23(27,28)29/h4-11,18H,12-13H2,1-3H3,(H,30,31). The Bertz CT molecular complexity index is 984. The Hall–Kier alpha value is -3.12. The predicted octanol–water partition coefficient (Wildman–Crippen LogP) is 5.31. The zero-order valence-corrected chi connectivity index (χ0v) is 18.9. The van der Waals surface area contributed by atoms with Gasteiger partial charge in [0, 0.05) is 5.56 Å². The number of benzene rings is 2. The van der Waals surface area contributed by atoms with Gasteiger partial charge in [-0.15, -0.1) is 0 Å². The zero-order chi connectivity index (χ0) is 26.4. The highest BCUT2D eigenvalue weighted by atomic mass is 19.4. The molecular weight excluding hydrogens is 484 g/mol. The maximum atomic E-state index is 13.0. The van der Waals surface area contributed by atoms with Gasteiger partial charge in [0.2, 0.25) is 6.10 Å². The number of hydrogen-bond acceptors (Lipinski definition) is 5. The van der Waals surface area contributed by atoms with Crippen LogP contribution < -0.4 is 5.48 Å². The van der Waals surface area contributed by atoms with Gasteiger partial charge in [0.05, 0.1) is 24.3 Å². The minimum absolute atomic E-state index is 0.0556. The number of carbonyl (C=O) groups is 2. The topological polar surface area (TPSA) is 73.9 Å². The molecule has 1 unspecified atom stereocenters. The molecule has 6 nitrogen and oxygen atoms in total. The van der Waals surface area contributed by atoms with E-state index in [0.29, 0.717) is 0 Å². The Morgan fingerprint density at radius 1 is 0.886 bits per heavy atom. The minimum Gasteiger partial charge on any atom is -0.458 e. The van der Waals surface area contributed by atoms with Crippen molar-refractivity contribution in [1.82, 2.24) is 5.48 Å². The highest BCUT2D eigenvalue weighted by molar-refractivity contribution is 5.94. The lowest BCUT2D eigenvalue weighted by Gasteiger charge is -2.24. The number of hydrogen-bond donors (Lipinski definition) is 1. The fourth-order valence-electron chi connectivity index (χ4n) is 2.65. The molecule has 1 N–H and O–H groups in total. The number of rotatable bonds is 8. The predicted molar refractivity (Wildman–Crippen MR) is 111 cm³/mol. The molecule has 2 rings (SSSR count). The average Bonchev–Trinajstić information content (AvgIpc) is 2.73. The van der Waals surface area contributed by atoms with Crippen LogP contribution in [0.3, 0.4) is 0 Å². The largest absolute Gasteiger partial charge is 0.458 e. The van der Waals surface area contributed by atoms with E-state index in [2.05, 4.69) is 0 Å². The summed E-state index contributed by atoms with van der Waals surface area (Å²) in [5.41, 5.74) is -2.80. The second-order valence-electron chi connectivity index (χ2n) is 8.37. The molecule has 192 valence electrons. The second kappa shape index (κ2) is 11.1. The van der Waals surface area contributed by atoms with Crippen molar-refractivity contribution in [1.29, 1.82) is 0 Å². The molecule has 0 aliphatic carbocycles. The first-order valence-electron chi connectivity index (χ1n) is 10.2. The molecule has 0 saturated carbocycles. The number of hydroxylamine groups is 1. The fraction of sp³-hybridized carbons (Fsp3) is 0.391. The molecule has 12 heteroatoms. The van der Waals surface area contributed by atoms with Gasteiger partial charge < -0.3 is 9.47 Å².